The maximum absolute atomic E-state index is 12.3. The Hall–Kier alpha value is -2.62. The van der Waals surface area contributed by atoms with Crippen molar-refractivity contribution < 1.29 is 28.5 Å². The maximum atomic E-state index is 12.3. The first-order chi connectivity index (χ1) is 14.0. The summed E-state index contributed by atoms with van der Waals surface area (Å²) in [6.07, 6.45) is 3.20. The first-order valence-corrected chi connectivity index (χ1v) is 9.72. The fourth-order valence-electron chi connectivity index (χ4n) is 2.68. The van der Waals surface area contributed by atoms with Crippen LogP contribution in [0, 0.1) is 3.57 Å². The fraction of sp³-hybridized carbons (Fsp3) is 0.286. The highest BCUT2D eigenvalue weighted by Crippen LogP contribution is 2.38. The van der Waals surface area contributed by atoms with Crippen LogP contribution < -0.4 is 29.0 Å². The molecular weight excluding hydrogens is 489 g/mol. The van der Waals surface area contributed by atoms with Crippen molar-refractivity contribution in [2.75, 3.05) is 35.5 Å². The average Bonchev–Trinajstić information content (AvgIpc) is 2.75. The number of halogens is 1. The number of amides is 1. The van der Waals surface area contributed by atoms with Crippen LogP contribution >= 0.6 is 22.6 Å². The highest BCUT2D eigenvalue weighted by Gasteiger charge is 2.14. The monoisotopic (exact) mass is 513 g/mol. The second-order valence-corrected chi connectivity index (χ2v) is 6.87. The van der Waals surface area contributed by atoms with Crippen molar-refractivity contribution in [3.8, 4) is 28.7 Å². The number of nitrogens with one attached hydrogen (secondary N) is 1. The van der Waals surface area contributed by atoms with Gasteiger partial charge in [0.05, 0.1) is 39.1 Å². The van der Waals surface area contributed by atoms with Crippen molar-refractivity contribution >= 4 is 34.6 Å². The molecule has 2 aromatic carbocycles. The van der Waals surface area contributed by atoms with Crippen LogP contribution in [0.25, 0.3) is 6.08 Å². The summed E-state index contributed by atoms with van der Waals surface area (Å²) in [6.45, 7) is 0.308. The van der Waals surface area contributed by atoms with Gasteiger partial charge in [0.15, 0.2) is 23.0 Å². The van der Waals surface area contributed by atoms with Crippen molar-refractivity contribution in [1.29, 1.82) is 0 Å². The number of carbonyl (C=O) groups is 1. The Kier molecular flexibility index (Phi) is 8.44. The van der Waals surface area contributed by atoms with Gasteiger partial charge < -0.3 is 29.0 Å². The third kappa shape index (κ3) is 5.47. The van der Waals surface area contributed by atoms with Crippen LogP contribution in [0.1, 0.15) is 11.1 Å². The summed E-state index contributed by atoms with van der Waals surface area (Å²) < 4.78 is 27.5. The Morgan fingerprint density at radius 3 is 2.00 bits per heavy atom. The van der Waals surface area contributed by atoms with E-state index in [1.54, 1.807) is 59.8 Å². The molecule has 0 fully saturated rings. The van der Waals surface area contributed by atoms with Gasteiger partial charge in [0.2, 0.25) is 11.7 Å². The summed E-state index contributed by atoms with van der Waals surface area (Å²) in [5.41, 5.74) is 1.67. The van der Waals surface area contributed by atoms with E-state index in [0.29, 0.717) is 35.3 Å². The Labute approximate surface area is 184 Å². The summed E-state index contributed by atoms with van der Waals surface area (Å²) >= 11 is 2.16. The molecule has 2 rings (SSSR count). The van der Waals surface area contributed by atoms with E-state index in [0.717, 1.165) is 14.7 Å². The fourth-order valence-corrected chi connectivity index (χ4v) is 3.53. The van der Waals surface area contributed by atoms with Gasteiger partial charge in [-0.15, -0.1) is 0 Å². The summed E-state index contributed by atoms with van der Waals surface area (Å²) in [5, 5.41) is 2.84. The maximum Gasteiger partial charge on any atom is 0.244 e. The first-order valence-electron chi connectivity index (χ1n) is 8.64. The highest BCUT2D eigenvalue weighted by atomic mass is 127. The van der Waals surface area contributed by atoms with Gasteiger partial charge in [-0.1, -0.05) is 0 Å². The topological polar surface area (TPSA) is 75.3 Å². The van der Waals surface area contributed by atoms with Gasteiger partial charge in [0, 0.05) is 12.6 Å². The zero-order valence-corrected chi connectivity index (χ0v) is 19.2. The minimum atomic E-state index is -0.232. The molecule has 8 heteroatoms. The van der Waals surface area contributed by atoms with E-state index in [2.05, 4.69) is 27.9 Å². The minimum absolute atomic E-state index is 0.232. The summed E-state index contributed by atoms with van der Waals surface area (Å²) in [7, 11) is 7.81. The van der Waals surface area contributed by atoms with Crippen molar-refractivity contribution in [2.24, 2.45) is 0 Å². The van der Waals surface area contributed by atoms with Crippen molar-refractivity contribution in [2.45, 2.75) is 6.54 Å². The summed E-state index contributed by atoms with van der Waals surface area (Å²) in [6, 6.07) is 7.26. The second kappa shape index (κ2) is 10.8. The number of ether oxygens (including phenoxy) is 5. The first kappa shape index (κ1) is 22.7. The normalized spacial score (nSPS) is 10.6. The Balaban J connectivity index is 2.11. The van der Waals surface area contributed by atoms with E-state index in [1.165, 1.54) is 6.08 Å². The van der Waals surface area contributed by atoms with Crippen LogP contribution in [0.15, 0.2) is 30.3 Å². The molecule has 0 heterocycles. The molecule has 0 atom stereocenters. The Bertz CT molecular complexity index is 872. The van der Waals surface area contributed by atoms with E-state index < -0.39 is 0 Å². The lowest BCUT2D eigenvalue weighted by Crippen LogP contribution is -2.20. The van der Waals surface area contributed by atoms with E-state index in [-0.39, 0.29) is 5.91 Å². The molecule has 0 radical (unpaired) electrons. The van der Waals surface area contributed by atoms with E-state index in [1.807, 2.05) is 6.07 Å². The second-order valence-electron chi connectivity index (χ2n) is 5.79. The molecule has 0 aliphatic carbocycles. The molecule has 7 nitrogen and oxygen atoms in total. The van der Waals surface area contributed by atoms with Gasteiger partial charge in [-0.3, -0.25) is 4.79 Å². The van der Waals surface area contributed by atoms with Crippen molar-refractivity contribution in [1.82, 2.24) is 5.32 Å². The molecule has 0 saturated carbocycles. The minimum Gasteiger partial charge on any atom is -0.493 e. The molecule has 2 aromatic rings. The van der Waals surface area contributed by atoms with Crippen molar-refractivity contribution in [3.63, 3.8) is 0 Å². The van der Waals surface area contributed by atoms with Crippen LogP contribution in [-0.2, 0) is 11.3 Å². The van der Waals surface area contributed by atoms with Gasteiger partial charge >= 0.3 is 0 Å². The molecule has 0 saturated heterocycles. The van der Waals surface area contributed by atoms with Gasteiger partial charge in [0.1, 0.15) is 0 Å². The SMILES string of the molecule is COc1cc(CNC(=O)/C=C/c2ccc(OC)c(OC)c2I)cc(OC)c1OC. The van der Waals surface area contributed by atoms with Crippen LogP contribution in [-0.4, -0.2) is 41.5 Å². The lowest BCUT2D eigenvalue weighted by atomic mass is 10.1. The molecule has 1 N–H and O–H groups in total. The Morgan fingerprint density at radius 1 is 0.897 bits per heavy atom. The predicted octanol–water partition coefficient (Wildman–Crippen LogP) is 3.66. The standard InChI is InChI=1S/C21H24INO6/c1-25-15-8-6-14(19(22)21(15)29-5)7-9-18(24)23-12-13-10-16(26-2)20(28-4)17(11-13)27-3/h6-11H,12H2,1-5H3,(H,23,24)/b9-7+. The van der Waals surface area contributed by atoms with E-state index in [9.17, 15) is 4.79 Å². The van der Waals surface area contributed by atoms with Gasteiger partial charge in [-0.2, -0.15) is 0 Å². The number of methoxy groups -OCH3 is 5. The molecule has 0 aliphatic rings. The largest absolute Gasteiger partial charge is 0.493 e. The summed E-state index contributed by atoms with van der Waals surface area (Å²) in [4.78, 5) is 12.3. The van der Waals surface area contributed by atoms with Gasteiger partial charge in [-0.05, 0) is 64.1 Å². The van der Waals surface area contributed by atoms with Crippen LogP contribution in [0.5, 0.6) is 28.7 Å². The predicted molar refractivity (Wildman–Crippen MR) is 119 cm³/mol. The third-order valence-corrected chi connectivity index (χ3v) is 5.23. The van der Waals surface area contributed by atoms with Gasteiger partial charge in [0.25, 0.3) is 0 Å². The molecule has 156 valence electrons. The highest BCUT2D eigenvalue weighted by molar-refractivity contribution is 14.1. The number of benzene rings is 2. The average molecular weight is 513 g/mol. The number of hydrogen-bond donors (Lipinski definition) is 1. The quantitative estimate of drug-likeness (QED) is 0.408. The lowest BCUT2D eigenvalue weighted by molar-refractivity contribution is -0.116. The molecule has 29 heavy (non-hydrogen) atoms. The summed E-state index contributed by atoms with van der Waals surface area (Å²) in [5.74, 6) is 2.62. The van der Waals surface area contributed by atoms with E-state index in [4.69, 9.17) is 23.7 Å². The zero-order valence-electron chi connectivity index (χ0n) is 17.0. The molecular formula is C21H24INO6. The molecule has 0 aromatic heterocycles. The number of rotatable bonds is 9. The zero-order chi connectivity index (χ0) is 21.4. The van der Waals surface area contributed by atoms with Gasteiger partial charge in [-0.25, -0.2) is 0 Å². The molecule has 0 unspecified atom stereocenters. The molecule has 0 bridgehead atoms. The lowest BCUT2D eigenvalue weighted by Gasteiger charge is -2.14. The Morgan fingerprint density at radius 2 is 1.48 bits per heavy atom. The third-order valence-electron chi connectivity index (χ3n) is 4.12. The van der Waals surface area contributed by atoms with Crippen LogP contribution in [0.4, 0.5) is 0 Å². The molecule has 0 aliphatic heterocycles. The molecule has 1 amide bonds. The number of hydrogen-bond acceptors (Lipinski definition) is 6. The van der Waals surface area contributed by atoms with Crippen LogP contribution in [0.2, 0.25) is 0 Å². The number of carbonyl (C=O) groups excluding carboxylic acids is 1. The van der Waals surface area contributed by atoms with Crippen molar-refractivity contribution in [3.05, 3.63) is 45.0 Å². The smallest absolute Gasteiger partial charge is 0.244 e. The van der Waals surface area contributed by atoms with E-state index >= 15 is 0 Å². The molecule has 0 spiro atoms. The van der Waals surface area contributed by atoms with Crippen LogP contribution in [0.3, 0.4) is 0 Å².